The predicted molar refractivity (Wildman–Crippen MR) is 84.2 cm³/mol. The Kier molecular flexibility index (Phi) is 4.78. The Hall–Kier alpha value is -1.68. The maximum atomic E-state index is 13.0. The third kappa shape index (κ3) is 3.16. The standard InChI is InChI=1S/C15H19N2O3P/c1-17(2)12-7-9-13(10-8-12)21(19,20-3)15(18)14-6-4-5-11-16-14/h4-11,15,18H,1-3H3/t15-,21-/m0/s1. The van der Waals surface area contributed by atoms with Crippen LogP contribution in [0.25, 0.3) is 0 Å². The van der Waals surface area contributed by atoms with Crippen LogP contribution in [0.15, 0.2) is 48.7 Å². The Bertz CT molecular complexity index is 629. The van der Waals surface area contributed by atoms with Crippen molar-refractivity contribution in [1.82, 2.24) is 4.98 Å². The lowest BCUT2D eigenvalue weighted by Crippen LogP contribution is -2.15. The highest BCUT2D eigenvalue weighted by Crippen LogP contribution is 2.56. The maximum absolute atomic E-state index is 13.0. The Labute approximate surface area is 124 Å². The molecule has 0 radical (unpaired) electrons. The minimum atomic E-state index is -3.44. The average molecular weight is 306 g/mol. The Morgan fingerprint density at radius 2 is 1.86 bits per heavy atom. The lowest BCUT2D eigenvalue weighted by atomic mass is 10.3. The molecule has 0 unspecified atom stereocenters. The van der Waals surface area contributed by atoms with Gasteiger partial charge in [0.1, 0.15) is 0 Å². The van der Waals surface area contributed by atoms with E-state index in [1.807, 2.05) is 31.1 Å². The smallest absolute Gasteiger partial charge is 0.265 e. The van der Waals surface area contributed by atoms with Gasteiger partial charge in [0.25, 0.3) is 7.37 Å². The third-order valence-corrected chi connectivity index (χ3v) is 5.74. The first kappa shape index (κ1) is 15.7. The van der Waals surface area contributed by atoms with Gasteiger partial charge in [-0.05, 0) is 36.4 Å². The zero-order valence-corrected chi connectivity index (χ0v) is 13.2. The predicted octanol–water partition coefficient (Wildman–Crippen LogP) is 2.39. The first-order valence-electron chi connectivity index (χ1n) is 6.51. The summed E-state index contributed by atoms with van der Waals surface area (Å²) in [5, 5.41) is 10.9. The Morgan fingerprint density at radius 3 is 2.33 bits per heavy atom. The van der Waals surface area contributed by atoms with Crippen LogP contribution in [0.1, 0.15) is 11.5 Å². The van der Waals surface area contributed by atoms with Crippen molar-refractivity contribution in [3.8, 4) is 0 Å². The van der Waals surface area contributed by atoms with E-state index in [0.29, 0.717) is 11.0 Å². The molecule has 21 heavy (non-hydrogen) atoms. The van der Waals surface area contributed by atoms with E-state index in [9.17, 15) is 9.67 Å². The molecule has 1 N–H and O–H groups in total. The molecule has 0 saturated heterocycles. The third-order valence-electron chi connectivity index (χ3n) is 3.27. The van der Waals surface area contributed by atoms with Crippen molar-refractivity contribution in [1.29, 1.82) is 0 Å². The number of aliphatic hydroxyl groups excluding tert-OH is 1. The molecule has 2 aromatic rings. The summed E-state index contributed by atoms with van der Waals surface area (Å²) in [6.07, 6.45) is 1.55. The van der Waals surface area contributed by atoms with Crippen LogP contribution >= 0.6 is 7.37 Å². The largest absolute Gasteiger partial charge is 0.378 e. The molecule has 2 rings (SSSR count). The average Bonchev–Trinajstić information content (AvgIpc) is 2.54. The second-order valence-electron chi connectivity index (χ2n) is 4.82. The van der Waals surface area contributed by atoms with E-state index in [2.05, 4.69) is 4.98 Å². The van der Waals surface area contributed by atoms with E-state index in [1.165, 1.54) is 7.11 Å². The van der Waals surface area contributed by atoms with Crippen molar-refractivity contribution in [3.05, 3.63) is 54.4 Å². The van der Waals surface area contributed by atoms with Gasteiger partial charge in [-0.2, -0.15) is 0 Å². The molecular formula is C15H19N2O3P. The quantitative estimate of drug-likeness (QED) is 0.859. The molecule has 2 atom stereocenters. The highest BCUT2D eigenvalue weighted by molar-refractivity contribution is 7.67. The van der Waals surface area contributed by atoms with Crippen LogP contribution in [0.4, 0.5) is 5.69 Å². The fraction of sp³-hybridized carbons (Fsp3) is 0.267. The number of hydrogen-bond donors (Lipinski definition) is 1. The van der Waals surface area contributed by atoms with Crippen LogP contribution in [0.5, 0.6) is 0 Å². The molecule has 0 aliphatic carbocycles. The van der Waals surface area contributed by atoms with E-state index in [-0.39, 0.29) is 0 Å². The number of rotatable bonds is 5. The molecule has 0 amide bonds. The fourth-order valence-electron chi connectivity index (χ4n) is 2.01. The van der Waals surface area contributed by atoms with Crippen LogP contribution in [-0.2, 0) is 9.09 Å². The topological polar surface area (TPSA) is 62.7 Å². The molecule has 1 heterocycles. The summed E-state index contributed by atoms with van der Waals surface area (Å²) in [7, 11) is 1.75. The van der Waals surface area contributed by atoms with Crippen LogP contribution in [0.3, 0.4) is 0 Å². The lowest BCUT2D eigenvalue weighted by molar-refractivity contribution is 0.224. The number of nitrogens with zero attached hydrogens (tertiary/aromatic N) is 2. The number of aromatic nitrogens is 1. The minimum Gasteiger partial charge on any atom is -0.378 e. The normalized spacial score (nSPS) is 15.2. The molecule has 1 aromatic heterocycles. The second kappa shape index (κ2) is 6.39. The zero-order valence-electron chi connectivity index (χ0n) is 12.3. The Morgan fingerprint density at radius 1 is 1.19 bits per heavy atom. The van der Waals surface area contributed by atoms with E-state index >= 15 is 0 Å². The molecule has 6 heteroatoms. The molecule has 0 saturated carbocycles. The molecule has 0 spiro atoms. The van der Waals surface area contributed by atoms with E-state index in [4.69, 9.17) is 4.52 Å². The van der Waals surface area contributed by atoms with Gasteiger partial charge in [-0.25, -0.2) is 0 Å². The first-order chi connectivity index (χ1) is 9.99. The highest BCUT2D eigenvalue weighted by Gasteiger charge is 2.36. The van der Waals surface area contributed by atoms with Crippen molar-refractivity contribution in [2.45, 2.75) is 5.85 Å². The van der Waals surface area contributed by atoms with Crippen LogP contribution in [0, 0.1) is 0 Å². The van der Waals surface area contributed by atoms with E-state index < -0.39 is 13.2 Å². The van der Waals surface area contributed by atoms with Gasteiger partial charge in [-0.3, -0.25) is 9.55 Å². The number of aliphatic hydroxyl groups is 1. The number of pyridine rings is 1. The van der Waals surface area contributed by atoms with E-state index in [1.54, 1.807) is 36.5 Å². The highest BCUT2D eigenvalue weighted by atomic mass is 31.2. The Balaban J connectivity index is 2.39. The van der Waals surface area contributed by atoms with Crippen LogP contribution < -0.4 is 10.2 Å². The SMILES string of the molecule is CO[P@@](=O)(c1ccc(N(C)C)cc1)[C@H](O)c1ccccn1. The molecule has 5 nitrogen and oxygen atoms in total. The van der Waals surface area contributed by atoms with Gasteiger partial charge in [-0.15, -0.1) is 0 Å². The molecule has 0 aliphatic rings. The molecular weight excluding hydrogens is 287 g/mol. The molecule has 0 fully saturated rings. The molecule has 1 aromatic carbocycles. The first-order valence-corrected chi connectivity index (χ1v) is 8.21. The van der Waals surface area contributed by atoms with Gasteiger partial charge in [0.15, 0.2) is 5.85 Å². The van der Waals surface area contributed by atoms with Gasteiger partial charge in [0.05, 0.1) is 5.69 Å². The van der Waals surface area contributed by atoms with Gasteiger partial charge < -0.3 is 14.5 Å². The van der Waals surface area contributed by atoms with Gasteiger partial charge >= 0.3 is 0 Å². The van der Waals surface area contributed by atoms with Crippen molar-refractivity contribution in [2.75, 3.05) is 26.1 Å². The van der Waals surface area contributed by atoms with Crippen LogP contribution in [-0.4, -0.2) is 31.3 Å². The minimum absolute atomic E-state index is 0.333. The van der Waals surface area contributed by atoms with Crippen molar-refractivity contribution in [2.24, 2.45) is 0 Å². The zero-order chi connectivity index (χ0) is 15.5. The van der Waals surface area contributed by atoms with Gasteiger partial charge in [0.2, 0.25) is 0 Å². The summed E-state index contributed by atoms with van der Waals surface area (Å²) in [6.45, 7) is 0. The number of hydrogen-bond acceptors (Lipinski definition) is 5. The summed E-state index contributed by atoms with van der Waals surface area (Å²) >= 11 is 0. The van der Waals surface area contributed by atoms with Gasteiger partial charge in [0, 0.05) is 38.4 Å². The summed E-state index contributed by atoms with van der Waals surface area (Å²) < 4.78 is 18.2. The number of benzene rings is 1. The molecule has 112 valence electrons. The molecule has 0 aliphatic heterocycles. The van der Waals surface area contributed by atoms with E-state index in [0.717, 1.165) is 5.69 Å². The summed E-state index contributed by atoms with van der Waals surface area (Å²) in [5.74, 6) is -1.28. The summed E-state index contributed by atoms with van der Waals surface area (Å²) in [4.78, 5) is 5.99. The summed E-state index contributed by atoms with van der Waals surface area (Å²) in [6, 6.07) is 12.2. The van der Waals surface area contributed by atoms with Gasteiger partial charge in [-0.1, -0.05) is 6.07 Å². The fourth-order valence-corrected chi connectivity index (χ4v) is 3.77. The summed E-state index contributed by atoms with van der Waals surface area (Å²) in [5.41, 5.74) is 1.31. The van der Waals surface area contributed by atoms with Crippen LogP contribution in [0.2, 0.25) is 0 Å². The molecule has 0 bridgehead atoms. The van der Waals surface area contributed by atoms with Crippen molar-refractivity contribution in [3.63, 3.8) is 0 Å². The second-order valence-corrected chi connectivity index (χ2v) is 7.38. The van der Waals surface area contributed by atoms with Crippen molar-refractivity contribution >= 4 is 18.4 Å². The monoisotopic (exact) mass is 306 g/mol. The maximum Gasteiger partial charge on any atom is 0.265 e. The lowest BCUT2D eigenvalue weighted by Gasteiger charge is -2.22. The van der Waals surface area contributed by atoms with Crippen molar-refractivity contribution < 1.29 is 14.2 Å². The number of anilines is 1.